The summed E-state index contributed by atoms with van der Waals surface area (Å²) in [5, 5.41) is 39.9. The Bertz CT molecular complexity index is 1260. The van der Waals surface area contributed by atoms with Crippen LogP contribution in [0.4, 0.5) is 22.7 Å². The Morgan fingerprint density at radius 2 is 1.19 bits per heavy atom. The molecular formula is C22H17ClN6O8. The first-order valence-corrected chi connectivity index (χ1v) is 10.3. The number of phenols is 1. The van der Waals surface area contributed by atoms with Crippen LogP contribution in [0, 0.1) is 30.3 Å². The molecule has 0 saturated carbocycles. The van der Waals surface area contributed by atoms with Gasteiger partial charge >= 0.3 is 0 Å². The van der Waals surface area contributed by atoms with Crippen LogP contribution in [0.1, 0.15) is 0 Å². The first-order chi connectivity index (χ1) is 17.5. The largest absolute Gasteiger partial charge is 0.508 e. The number of aromatic nitrogens is 2. The third-order valence-corrected chi connectivity index (χ3v) is 4.24. The molecule has 0 aliphatic carbocycles. The van der Waals surface area contributed by atoms with Gasteiger partial charge in [-0.2, -0.15) is 0 Å². The molecule has 3 N–H and O–H groups in total. The van der Waals surface area contributed by atoms with Gasteiger partial charge in [-0.25, -0.2) is 9.97 Å². The first-order valence-electron chi connectivity index (χ1n) is 9.88. The zero-order valence-electron chi connectivity index (χ0n) is 18.6. The van der Waals surface area contributed by atoms with E-state index in [4.69, 9.17) is 27.2 Å². The summed E-state index contributed by atoms with van der Waals surface area (Å²) >= 11 is 5.38. The van der Waals surface area contributed by atoms with Gasteiger partial charge in [0.2, 0.25) is 5.88 Å². The number of anilines is 1. The number of pyridine rings is 2. The van der Waals surface area contributed by atoms with Crippen LogP contribution in [0.5, 0.6) is 17.4 Å². The van der Waals surface area contributed by atoms with Crippen molar-refractivity contribution in [2.75, 3.05) is 5.73 Å². The fourth-order valence-corrected chi connectivity index (χ4v) is 2.36. The van der Waals surface area contributed by atoms with Gasteiger partial charge in [0.1, 0.15) is 29.0 Å². The van der Waals surface area contributed by atoms with E-state index in [1.54, 1.807) is 24.3 Å². The van der Waals surface area contributed by atoms with E-state index in [2.05, 4.69) is 9.97 Å². The number of non-ortho nitro benzene ring substituents is 1. The fraction of sp³-hybridized carbons (Fsp3) is 0. The second kappa shape index (κ2) is 13.5. The smallest absolute Gasteiger partial charge is 0.287 e. The summed E-state index contributed by atoms with van der Waals surface area (Å²) in [6.45, 7) is 0. The van der Waals surface area contributed by atoms with Crippen LogP contribution in [0.3, 0.4) is 0 Å². The van der Waals surface area contributed by atoms with E-state index >= 15 is 0 Å². The van der Waals surface area contributed by atoms with Crippen LogP contribution in [-0.2, 0) is 0 Å². The second-order valence-corrected chi connectivity index (χ2v) is 7.04. The van der Waals surface area contributed by atoms with E-state index in [1.165, 1.54) is 48.5 Å². The predicted octanol–water partition coefficient (Wildman–Crippen LogP) is 5.31. The van der Waals surface area contributed by atoms with Crippen molar-refractivity contribution in [2.24, 2.45) is 0 Å². The maximum Gasteiger partial charge on any atom is 0.287 e. The van der Waals surface area contributed by atoms with Crippen molar-refractivity contribution in [2.45, 2.75) is 0 Å². The third kappa shape index (κ3) is 9.79. The van der Waals surface area contributed by atoms with Crippen molar-refractivity contribution < 1.29 is 24.6 Å². The van der Waals surface area contributed by atoms with Crippen molar-refractivity contribution in [1.82, 2.24) is 9.97 Å². The van der Waals surface area contributed by atoms with Crippen LogP contribution < -0.4 is 10.5 Å². The number of nitrogens with zero attached hydrogens (tertiary/aromatic N) is 5. The predicted molar refractivity (Wildman–Crippen MR) is 132 cm³/mol. The maximum absolute atomic E-state index is 10.5. The van der Waals surface area contributed by atoms with Gasteiger partial charge < -0.3 is 15.6 Å². The Morgan fingerprint density at radius 3 is 1.59 bits per heavy atom. The summed E-state index contributed by atoms with van der Waals surface area (Å²) in [5.41, 5.74) is 5.74. The number of hydrogen-bond donors (Lipinski definition) is 2. The molecule has 0 radical (unpaired) electrons. The highest BCUT2D eigenvalue weighted by atomic mass is 35.5. The number of ether oxygens (including phenoxy) is 1. The van der Waals surface area contributed by atoms with Crippen molar-refractivity contribution in [3.05, 3.63) is 121 Å². The molecule has 4 aromatic rings. The van der Waals surface area contributed by atoms with Crippen LogP contribution in [-0.4, -0.2) is 29.8 Å². The SMILES string of the molecule is Nc1ccc(O)cc1.O=[N+]([O-])c1ccc(Cl)nc1.O=[N+]([O-])c1ccc(Oc2ccc([N+](=O)[O-])cn2)cc1. The number of phenolic OH excluding ortho intramolecular Hbond substituents is 1. The molecule has 15 heteroatoms. The quantitative estimate of drug-likeness (QED) is 0.111. The molecule has 190 valence electrons. The number of halogens is 1. The standard InChI is InChI=1S/C11H7N3O5.C6H7NO.C5H3ClN2O2/c15-13(16)8-1-4-10(5-2-8)19-11-6-3-9(7-12-11)14(17)18;7-5-1-3-6(8)4-2-5;6-5-2-1-4(3-7-5)8(9)10/h1-7H;1-4,8H,7H2;1-3H. The Labute approximate surface area is 213 Å². The molecule has 0 amide bonds. The molecule has 4 rings (SSSR count). The summed E-state index contributed by atoms with van der Waals surface area (Å²) in [7, 11) is 0. The molecule has 0 bridgehead atoms. The van der Waals surface area contributed by atoms with E-state index in [1.807, 2.05) is 0 Å². The summed E-state index contributed by atoms with van der Waals surface area (Å²) in [6.07, 6.45) is 2.18. The van der Waals surface area contributed by atoms with Gasteiger partial charge in [0, 0.05) is 36.0 Å². The molecule has 37 heavy (non-hydrogen) atoms. The summed E-state index contributed by atoms with van der Waals surface area (Å²) in [4.78, 5) is 36.6. The molecule has 14 nitrogen and oxygen atoms in total. The van der Waals surface area contributed by atoms with Gasteiger partial charge in [-0.1, -0.05) is 11.6 Å². The lowest BCUT2D eigenvalue weighted by Crippen LogP contribution is -1.92. The van der Waals surface area contributed by atoms with E-state index in [0.717, 1.165) is 12.4 Å². The minimum absolute atomic E-state index is 0.0515. The molecular weight excluding hydrogens is 512 g/mol. The van der Waals surface area contributed by atoms with Crippen LogP contribution >= 0.6 is 11.6 Å². The highest BCUT2D eigenvalue weighted by Gasteiger charge is 2.08. The Balaban J connectivity index is 0.000000223. The molecule has 2 aromatic carbocycles. The summed E-state index contributed by atoms with van der Waals surface area (Å²) in [5.74, 6) is 0.769. The minimum atomic E-state index is -0.567. The topological polar surface area (TPSA) is 211 Å². The number of nitro benzene ring substituents is 1. The van der Waals surface area contributed by atoms with E-state index in [9.17, 15) is 30.3 Å². The number of nitrogens with two attached hydrogens (primary N) is 1. The highest BCUT2D eigenvalue weighted by molar-refractivity contribution is 6.29. The zero-order chi connectivity index (χ0) is 27.4. The number of benzene rings is 2. The number of nitro groups is 3. The van der Waals surface area contributed by atoms with Gasteiger partial charge in [-0.3, -0.25) is 30.3 Å². The van der Waals surface area contributed by atoms with Crippen molar-refractivity contribution >= 4 is 34.4 Å². The molecule has 0 aliphatic rings. The fourth-order valence-electron chi connectivity index (χ4n) is 2.25. The lowest BCUT2D eigenvalue weighted by molar-refractivity contribution is -0.385. The Hall–Kier alpha value is -5.37. The maximum atomic E-state index is 10.5. The molecule has 0 aliphatic heterocycles. The Kier molecular flexibility index (Phi) is 10.2. The van der Waals surface area contributed by atoms with Gasteiger partial charge in [-0.05, 0) is 42.5 Å². The van der Waals surface area contributed by atoms with Crippen molar-refractivity contribution in [1.29, 1.82) is 0 Å². The molecule has 2 heterocycles. The number of aromatic hydroxyl groups is 1. The molecule has 0 fully saturated rings. The molecule has 0 unspecified atom stereocenters. The summed E-state index contributed by atoms with van der Waals surface area (Å²) < 4.78 is 5.29. The van der Waals surface area contributed by atoms with Crippen LogP contribution in [0.2, 0.25) is 5.15 Å². The van der Waals surface area contributed by atoms with Gasteiger partial charge in [0.15, 0.2) is 0 Å². The number of rotatable bonds is 5. The minimum Gasteiger partial charge on any atom is -0.508 e. The zero-order valence-corrected chi connectivity index (χ0v) is 19.3. The molecule has 0 atom stereocenters. The van der Waals surface area contributed by atoms with Gasteiger partial charge in [0.05, 0.1) is 14.8 Å². The average molecular weight is 529 g/mol. The van der Waals surface area contributed by atoms with Crippen LogP contribution in [0.15, 0.2) is 85.2 Å². The number of nitrogen functional groups attached to an aromatic ring is 1. The second-order valence-electron chi connectivity index (χ2n) is 6.65. The van der Waals surface area contributed by atoms with Gasteiger partial charge in [0.25, 0.3) is 17.1 Å². The van der Waals surface area contributed by atoms with E-state index in [0.29, 0.717) is 11.4 Å². The molecule has 2 aromatic heterocycles. The van der Waals surface area contributed by atoms with Crippen molar-refractivity contribution in [3.63, 3.8) is 0 Å². The summed E-state index contributed by atoms with van der Waals surface area (Å²) in [6, 6.07) is 17.1. The number of hydrogen-bond acceptors (Lipinski definition) is 11. The van der Waals surface area contributed by atoms with Crippen LogP contribution in [0.25, 0.3) is 0 Å². The first kappa shape index (κ1) is 27.9. The normalized spacial score (nSPS) is 9.54. The average Bonchev–Trinajstić information content (AvgIpc) is 2.87. The molecule has 0 spiro atoms. The highest BCUT2D eigenvalue weighted by Crippen LogP contribution is 2.23. The lowest BCUT2D eigenvalue weighted by atomic mass is 10.3. The lowest BCUT2D eigenvalue weighted by Gasteiger charge is -2.03. The van der Waals surface area contributed by atoms with Crippen molar-refractivity contribution in [3.8, 4) is 17.4 Å². The monoisotopic (exact) mass is 528 g/mol. The van der Waals surface area contributed by atoms with E-state index in [-0.39, 0.29) is 33.8 Å². The molecule has 0 saturated heterocycles. The van der Waals surface area contributed by atoms with Gasteiger partial charge in [-0.15, -0.1) is 0 Å². The van der Waals surface area contributed by atoms with E-state index < -0.39 is 14.8 Å². The Morgan fingerprint density at radius 1 is 0.703 bits per heavy atom. The third-order valence-electron chi connectivity index (χ3n) is 4.02.